The third kappa shape index (κ3) is 2.12. The maximum atomic E-state index is 11.8. The summed E-state index contributed by atoms with van der Waals surface area (Å²) in [4.78, 5) is 17.0. The second kappa shape index (κ2) is 4.51. The summed E-state index contributed by atoms with van der Waals surface area (Å²) in [5, 5.41) is 3.86. The largest absolute Gasteiger partial charge is 0.472 e. The number of nitrogens with zero attached hydrogens (tertiary/aromatic N) is 3. The fourth-order valence-corrected chi connectivity index (χ4v) is 2.56. The molecular formula is C12H11N3O3S. The van der Waals surface area contributed by atoms with Crippen LogP contribution in [0.3, 0.4) is 0 Å². The van der Waals surface area contributed by atoms with E-state index in [1.165, 1.54) is 11.3 Å². The second-order valence-electron chi connectivity index (χ2n) is 4.12. The predicted octanol–water partition coefficient (Wildman–Crippen LogP) is 2.22. The quantitative estimate of drug-likeness (QED) is 0.733. The van der Waals surface area contributed by atoms with E-state index in [0.29, 0.717) is 18.3 Å². The lowest BCUT2D eigenvalue weighted by molar-refractivity contribution is 0.369. The average molecular weight is 277 g/mol. The van der Waals surface area contributed by atoms with Gasteiger partial charge in [0.05, 0.1) is 11.8 Å². The third-order valence-electron chi connectivity index (χ3n) is 2.92. The molecule has 0 aromatic carbocycles. The van der Waals surface area contributed by atoms with Crippen molar-refractivity contribution in [3.8, 4) is 11.4 Å². The summed E-state index contributed by atoms with van der Waals surface area (Å²) in [6.45, 7) is 4.11. The van der Waals surface area contributed by atoms with Crippen LogP contribution < -0.4 is 4.87 Å². The van der Waals surface area contributed by atoms with Gasteiger partial charge in [-0.1, -0.05) is 16.5 Å². The monoisotopic (exact) mass is 277 g/mol. The Morgan fingerprint density at radius 2 is 2.26 bits per heavy atom. The Balaban J connectivity index is 1.90. The zero-order chi connectivity index (χ0) is 13.4. The van der Waals surface area contributed by atoms with Crippen LogP contribution in [0.5, 0.6) is 0 Å². The molecule has 0 spiro atoms. The van der Waals surface area contributed by atoms with Gasteiger partial charge >= 0.3 is 4.87 Å². The first kappa shape index (κ1) is 11.9. The fourth-order valence-electron chi connectivity index (χ4n) is 1.73. The Kier molecular flexibility index (Phi) is 2.83. The molecule has 0 unspecified atom stereocenters. The van der Waals surface area contributed by atoms with E-state index in [0.717, 1.165) is 16.1 Å². The van der Waals surface area contributed by atoms with Crippen molar-refractivity contribution in [1.82, 2.24) is 14.7 Å². The maximum absolute atomic E-state index is 11.8. The van der Waals surface area contributed by atoms with Crippen LogP contribution in [0.15, 0.2) is 32.3 Å². The van der Waals surface area contributed by atoms with Crippen molar-refractivity contribution in [3.05, 3.63) is 44.7 Å². The van der Waals surface area contributed by atoms with E-state index in [-0.39, 0.29) is 4.87 Å². The molecule has 3 rings (SSSR count). The number of aromatic nitrogens is 3. The SMILES string of the molecule is Cc1sc(=O)n(Cc2nc(-c3ccoc3)no2)c1C. The average Bonchev–Trinajstić information content (AvgIpc) is 3.08. The Labute approximate surface area is 112 Å². The summed E-state index contributed by atoms with van der Waals surface area (Å²) in [6.07, 6.45) is 3.09. The first-order chi connectivity index (χ1) is 9.15. The summed E-state index contributed by atoms with van der Waals surface area (Å²) < 4.78 is 11.7. The molecule has 19 heavy (non-hydrogen) atoms. The number of hydrogen-bond donors (Lipinski definition) is 0. The van der Waals surface area contributed by atoms with Crippen LogP contribution in [-0.4, -0.2) is 14.7 Å². The van der Waals surface area contributed by atoms with E-state index >= 15 is 0 Å². The van der Waals surface area contributed by atoms with Crippen LogP contribution >= 0.6 is 11.3 Å². The standard InChI is InChI=1S/C12H11N3O3S/c1-7-8(2)19-12(16)15(7)5-10-13-11(14-18-10)9-3-4-17-6-9/h3-4,6H,5H2,1-2H3. The topological polar surface area (TPSA) is 74.1 Å². The Morgan fingerprint density at radius 1 is 1.42 bits per heavy atom. The Bertz CT molecular complexity index is 752. The van der Waals surface area contributed by atoms with Crippen LogP contribution in [0.1, 0.15) is 16.5 Å². The molecule has 3 aromatic heterocycles. The van der Waals surface area contributed by atoms with E-state index in [1.807, 2.05) is 13.8 Å². The lowest BCUT2D eigenvalue weighted by Gasteiger charge is -1.99. The zero-order valence-corrected chi connectivity index (χ0v) is 11.2. The van der Waals surface area contributed by atoms with Crippen molar-refractivity contribution >= 4 is 11.3 Å². The number of rotatable bonds is 3. The zero-order valence-electron chi connectivity index (χ0n) is 10.4. The summed E-state index contributed by atoms with van der Waals surface area (Å²) >= 11 is 1.22. The van der Waals surface area contributed by atoms with Gasteiger partial charge in [0.2, 0.25) is 11.7 Å². The van der Waals surface area contributed by atoms with Crippen LogP contribution in [0.2, 0.25) is 0 Å². The highest BCUT2D eigenvalue weighted by Gasteiger charge is 2.13. The first-order valence-corrected chi connectivity index (χ1v) is 6.49. The van der Waals surface area contributed by atoms with Crippen molar-refractivity contribution in [2.24, 2.45) is 0 Å². The summed E-state index contributed by atoms with van der Waals surface area (Å²) in [5.74, 6) is 0.862. The first-order valence-electron chi connectivity index (χ1n) is 5.67. The molecule has 0 aliphatic carbocycles. The molecule has 0 N–H and O–H groups in total. The molecule has 3 heterocycles. The minimum absolute atomic E-state index is 0.0157. The minimum Gasteiger partial charge on any atom is -0.472 e. The van der Waals surface area contributed by atoms with Crippen molar-refractivity contribution in [2.45, 2.75) is 20.4 Å². The smallest absolute Gasteiger partial charge is 0.308 e. The molecule has 0 saturated heterocycles. The van der Waals surface area contributed by atoms with Crippen LogP contribution in [0.4, 0.5) is 0 Å². The van der Waals surface area contributed by atoms with Crippen molar-refractivity contribution < 1.29 is 8.94 Å². The third-order valence-corrected chi connectivity index (χ3v) is 3.91. The van der Waals surface area contributed by atoms with Gasteiger partial charge in [0.25, 0.3) is 0 Å². The fraction of sp³-hybridized carbons (Fsp3) is 0.250. The van der Waals surface area contributed by atoms with Gasteiger partial charge in [-0.15, -0.1) is 0 Å². The van der Waals surface area contributed by atoms with Gasteiger partial charge in [-0.2, -0.15) is 4.98 Å². The van der Waals surface area contributed by atoms with Crippen LogP contribution in [0.25, 0.3) is 11.4 Å². The van der Waals surface area contributed by atoms with E-state index < -0.39 is 0 Å². The molecule has 0 bridgehead atoms. The van der Waals surface area contributed by atoms with Gasteiger partial charge in [0.1, 0.15) is 12.8 Å². The second-order valence-corrected chi connectivity index (χ2v) is 5.29. The highest BCUT2D eigenvalue weighted by Crippen LogP contribution is 2.17. The predicted molar refractivity (Wildman–Crippen MR) is 69.2 cm³/mol. The van der Waals surface area contributed by atoms with E-state index in [9.17, 15) is 4.79 Å². The van der Waals surface area contributed by atoms with E-state index in [4.69, 9.17) is 8.94 Å². The van der Waals surface area contributed by atoms with Gasteiger partial charge in [-0.05, 0) is 19.9 Å². The molecule has 0 atom stereocenters. The van der Waals surface area contributed by atoms with Crippen molar-refractivity contribution in [2.75, 3.05) is 0 Å². The Morgan fingerprint density at radius 3 is 2.89 bits per heavy atom. The molecule has 0 saturated carbocycles. The Hall–Kier alpha value is -2.15. The number of furan rings is 1. The molecule has 7 heteroatoms. The molecule has 0 amide bonds. The van der Waals surface area contributed by atoms with Crippen molar-refractivity contribution in [3.63, 3.8) is 0 Å². The molecule has 98 valence electrons. The highest BCUT2D eigenvalue weighted by molar-refractivity contribution is 7.09. The minimum atomic E-state index is -0.0157. The lowest BCUT2D eigenvalue weighted by atomic mass is 10.3. The molecule has 0 radical (unpaired) electrons. The molecular weight excluding hydrogens is 266 g/mol. The molecule has 3 aromatic rings. The molecule has 0 aliphatic rings. The van der Waals surface area contributed by atoms with Gasteiger partial charge in [0, 0.05) is 10.6 Å². The van der Waals surface area contributed by atoms with E-state index in [1.54, 1.807) is 23.2 Å². The molecule has 0 fully saturated rings. The van der Waals surface area contributed by atoms with Crippen LogP contribution in [-0.2, 0) is 6.54 Å². The van der Waals surface area contributed by atoms with Crippen LogP contribution in [0, 0.1) is 13.8 Å². The maximum Gasteiger partial charge on any atom is 0.308 e. The highest BCUT2D eigenvalue weighted by atomic mass is 32.1. The van der Waals surface area contributed by atoms with Gasteiger partial charge in [0.15, 0.2) is 0 Å². The van der Waals surface area contributed by atoms with E-state index in [2.05, 4.69) is 10.1 Å². The normalized spacial score (nSPS) is 11.1. The summed E-state index contributed by atoms with van der Waals surface area (Å²) in [5.41, 5.74) is 1.68. The van der Waals surface area contributed by atoms with Crippen molar-refractivity contribution in [1.29, 1.82) is 0 Å². The summed E-state index contributed by atoms with van der Waals surface area (Å²) in [6, 6.07) is 1.75. The number of hydrogen-bond acceptors (Lipinski definition) is 6. The number of thiazole rings is 1. The van der Waals surface area contributed by atoms with Gasteiger partial charge < -0.3 is 8.94 Å². The molecule has 6 nitrogen and oxygen atoms in total. The lowest BCUT2D eigenvalue weighted by Crippen LogP contribution is -2.15. The van der Waals surface area contributed by atoms with Gasteiger partial charge in [-0.25, -0.2) is 0 Å². The molecule has 0 aliphatic heterocycles. The summed E-state index contributed by atoms with van der Waals surface area (Å²) in [7, 11) is 0. The van der Waals surface area contributed by atoms with Gasteiger partial charge in [-0.3, -0.25) is 9.36 Å². The number of aryl methyl sites for hydroxylation is 1.